The van der Waals surface area contributed by atoms with Gasteiger partial charge in [0.05, 0.1) is 5.92 Å². The third-order valence-electron chi connectivity index (χ3n) is 3.99. The van der Waals surface area contributed by atoms with Gasteiger partial charge in [-0.05, 0) is 32.1 Å². The third kappa shape index (κ3) is 7.22. The van der Waals surface area contributed by atoms with Crippen LogP contribution in [0.5, 0.6) is 0 Å². The van der Waals surface area contributed by atoms with Crippen LogP contribution in [-0.2, 0) is 19.1 Å². The van der Waals surface area contributed by atoms with Gasteiger partial charge in [-0.15, -0.1) is 0 Å². The molecule has 1 N–H and O–H groups in total. The zero-order chi connectivity index (χ0) is 16.4. The fourth-order valence-electron chi connectivity index (χ4n) is 2.55. The topological polar surface area (TPSA) is 76.1 Å². The van der Waals surface area contributed by atoms with Crippen LogP contribution >= 0.6 is 0 Å². The number of aliphatic carboxylic acids is 1. The number of carboxylic acid groups (broad SMARTS) is 1. The van der Waals surface area contributed by atoms with Crippen LogP contribution in [0.2, 0.25) is 0 Å². The summed E-state index contributed by atoms with van der Waals surface area (Å²) in [6.07, 6.45) is 3.05. The highest BCUT2D eigenvalue weighted by Crippen LogP contribution is 2.20. The van der Waals surface area contributed by atoms with Gasteiger partial charge in [-0.2, -0.15) is 0 Å². The molecule has 1 rings (SSSR count). The van der Waals surface area contributed by atoms with Gasteiger partial charge in [0.25, 0.3) is 0 Å². The van der Waals surface area contributed by atoms with E-state index in [0.717, 1.165) is 19.3 Å². The first kappa shape index (κ1) is 18.9. The summed E-state index contributed by atoms with van der Waals surface area (Å²) in [7, 11) is 0. The molecule has 0 bridgehead atoms. The third-order valence-corrected chi connectivity index (χ3v) is 3.99. The maximum Gasteiger partial charge on any atom is 0.308 e. The van der Waals surface area contributed by atoms with Crippen molar-refractivity contribution in [2.24, 2.45) is 11.8 Å². The molecule has 0 radical (unpaired) electrons. The van der Waals surface area contributed by atoms with E-state index in [1.807, 2.05) is 6.92 Å². The summed E-state index contributed by atoms with van der Waals surface area (Å²) in [6, 6.07) is 0. The maximum atomic E-state index is 12.5. The zero-order valence-electron chi connectivity index (χ0n) is 13.8. The Morgan fingerprint density at radius 3 is 2.64 bits per heavy atom. The van der Waals surface area contributed by atoms with Crippen molar-refractivity contribution in [2.45, 2.75) is 39.5 Å². The van der Waals surface area contributed by atoms with E-state index in [2.05, 4.69) is 0 Å². The van der Waals surface area contributed by atoms with Crippen molar-refractivity contribution in [3.8, 4) is 0 Å². The van der Waals surface area contributed by atoms with E-state index in [-0.39, 0.29) is 12.5 Å². The monoisotopic (exact) mass is 315 g/mol. The second-order valence-electron chi connectivity index (χ2n) is 5.89. The van der Waals surface area contributed by atoms with Crippen LogP contribution in [0.15, 0.2) is 0 Å². The van der Waals surface area contributed by atoms with Gasteiger partial charge in [0.1, 0.15) is 0 Å². The molecule has 128 valence electrons. The van der Waals surface area contributed by atoms with Crippen LogP contribution in [0.1, 0.15) is 39.5 Å². The molecule has 1 fully saturated rings. The van der Waals surface area contributed by atoms with E-state index < -0.39 is 11.9 Å². The highest BCUT2D eigenvalue weighted by Gasteiger charge is 2.24. The summed E-state index contributed by atoms with van der Waals surface area (Å²) in [6.45, 7) is 7.07. The quantitative estimate of drug-likeness (QED) is 0.622. The highest BCUT2D eigenvalue weighted by molar-refractivity contribution is 5.77. The molecule has 0 aliphatic carbocycles. The lowest BCUT2D eigenvalue weighted by Crippen LogP contribution is -2.39. The summed E-state index contributed by atoms with van der Waals surface area (Å²) >= 11 is 0. The van der Waals surface area contributed by atoms with Crippen LogP contribution in [0.25, 0.3) is 0 Å². The van der Waals surface area contributed by atoms with Gasteiger partial charge in [0, 0.05) is 45.9 Å². The van der Waals surface area contributed by atoms with Crippen LogP contribution < -0.4 is 0 Å². The van der Waals surface area contributed by atoms with Crippen LogP contribution in [0.4, 0.5) is 0 Å². The Labute approximate surface area is 132 Å². The molecule has 1 amide bonds. The molecule has 0 spiro atoms. The number of nitrogens with zero attached hydrogens (tertiary/aromatic N) is 1. The number of carboxylic acids is 1. The average molecular weight is 315 g/mol. The highest BCUT2D eigenvalue weighted by atomic mass is 16.5. The summed E-state index contributed by atoms with van der Waals surface area (Å²) < 4.78 is 10.6. The SMILES string of the molecule is CCOCCCN(CC(C)C(=O)O)C(=O)CC1CCOCC1. The van der Waals surface area contributed by atoms with Crippen molar-refractivity contribution in [3.63, 3.8) is 0 Å². The normalized spacial score (nSPS) is 17.2. The smallest absolute Gasteiger partial charge is 0.308 e. The molecular formula is C16H29NO5. The Balaban J connectivity index is 2.49. The first-order valence-electron chi connectivity index (χ1n) is 8.20. The van der Waals surface area contributed by atoms with Gasteiger partial charge >= 0.3 is 5.97 Å². The molecule has 22 heavy (non-hydrogen) atoms. The Morgan fingerprint density at radius 2 is 2.05 bits per heavy atom. The fourth-order valence-corrected chi connectivity index (χ4v) is 2.55. The Hall–Kier alpha value is -1.14. The molecule has 1 aliphatic rings. The lowest BCUT2D eigenvalue weighted by Gasteiger charge is -2.28. The van der Waals surface area contributed by atoms with E-state index in [1.165, 1.54) is 0 Å². The Bertz CT molecular complexity index is 341. The molecule has 6 heteroatoms. The van der Waals surface area contributed by atoms with Crippen molar-refractivity contribution < 1.29 is 24.2 Å². The number of carbonyl (C=O) groups excluding carboxylic acids is 1. The van der Waals surface area contributed by atoms with E-state index >= 15 is 0 Å². The van der Waals surface area contributed by atoms with Gasteiger partial charge in [-0.1, -0.05) is 6.92 Å². The number of hydrogen-bond donors (Lipinski definition) is 1. The van der Waals surface area contributed by atoms with Crippen LogP contribution in [0.3, 0.4) is 0 Å². The lowest BCUT2D eigenvalue weighted by atomic mass is 9.95. The van der Waals surface area contributed by atoms with Crippen molar-refractivity contribution in [1.82, 2.24) is 4.90 Å². The van der Waals surface area contributed by atoms with Crippen molar-refractivity contribution in [3.05, 3.63) is 0 Å². The lowest BCUT2D eigenvalue weighted by molar-refractivity contribution is -0.143. The second kappa shape index (κ2) is 10.6. The molecule has 1 unspecified atom stereocenters. The molecule has 1 aliphatic heterocycles. The Kier molecular flexibility index (Phi) is 9.08. The molecule has 0 saturated carbocycles. The predicted molar refractivity (Wildman–Crippen MR) is 82.6 cm³/mol. The average Bonchev–Trinajstić information content (AvgIpc) is 2.50. The summed E-state index contributed by atoms with van der Waals surface area (Å²) in [5, 5.41) is 9.06. The largest absolute Gasteiger partial charge is 0.481 e. The van der Waals surface area contributed by atoms with Crippen LogP contribution in [0, 0.1) is 11.8 Å². The van der Waals surface area contributed by atoms with Crippen LogP contribution in [-0.4, -0.2) is 61.4 Å². The molecule has 1 atom stereocenters. The first-order valence-corrected chi connectivity index (χ1v) is 8.20. The number of rotatable bonds is 10. The minimum absolute atomic E-state index is 0.0523. The van der Waals surface area contributed by atoms with Crippen molar-refractivity contribution >= 4 is 11.9 Å². The minimum Gasteiger partial charge on any atom is -0.481 e. The molecule has 6 nitrogen and oxygen atoms in total. The predicted octanol–water partition coefficient (Wildman–Crippen LogP) is 1.78. The summed E-state index contributed by atoms with van der Waals surface area (Å²) in [5.74, 6) is -1.01. The van der Waals surface area contributed by atoms with Crippen molar-refractivity contribution in [2.75, 3.05) is 39.5 Å². The van der Waals surface area contributed by atoms with E-state index in [0.29, 0.717) is 45.3 Å². The van der Waals surface area contributed by atoms with Gasteiger partial charge < -0.3 is 19.5 Å². The van der Waals surface area contributed by atoms with Crippen molar-refractivity contribution in [1.29, 1.82) is 0 Å². The maximum absolute atomic E-state index is 12.5. The molecule has 0 aromatic heterocycles. The van der Waals surface area contributed by atoms with Gasteiger partial charge in [-0.3, -0.25) is 9.59 Å². The number of hydrogen-bond acceptors (Lipinski definition) is 4. The molecule has 0 aromatic carbocycles. The minimum atomic E-state index is -0.867. The standard InChI is InChI=1S/C16H29NO5/c1-3-21-8-4-7-17(12-13(2)16(19)20)15(18)11-14-5-9-22-10-6-14/h13-14H,3-12H2,1-2H3,(H,19,20). The number of ether oxygens (including phenoxy) is 2. The van der Waals surface area contributed by atoms with E-state index in [9.17, 15) is 9.59 Å². The fraction of sp³-hybridized carbons (Fsp3) is 0.875. The van der Waals surface area contributed by atoms with Gasteiger partial charge in [-0.25, -0.2) is 0 Å². The second-order valence-corrected chi connectivity index (χ2v) is 5.89. The number of carbonyl (C=O) groups is 2. The zero-order valence-corrected chi connectivity index (χ0v) is 13.8. The van der Waals surface area contributed by atoms with Gasteiger partial charge in [0.2, 0.25) is 5.91 Å². The number of amides is 1. The summed E-state index contributed by atoms with van der Waals surface area (Å²) in [4.78, 5) is 25.2. The molecule has 1 saturated heterocycles. The van der Waals surface area contributed by atoms with E-state index in [1.54, 1.807) is 11.8 Å². The first-order chi connectivity index (χ1) is 10.5. The molecule has 0 aromatic rings. The Morgan fingerprint density at radius 1 is 1.36 bits per heavy atom. The molecule has 1 heterocycles. The summed E-state index contributed by atoms with van der Waals surface area (Å²) in [5.41, 5.74) is 0. The molecular weight excluding hydrogens is 286 g/mol. The van der Waals surface area contributed by atoms with Gasteiger partial charge in [0.15, 0.2) is 0 Å². The van der Waals surface area contributed by atoms with E-state index in [4.69, 9.17) is 14.6 Å².